The van der Waals surface area contributed by atoms with E-state index in [2.05, 4.69) is 9.55 Å². The van der Waals surface area contributed by atoms with E-state index in [0.717, 1.165) is 34.1 Å². The lowest BCUT2D eigenvalue weighted by atomic mass is 10.2. The number of pyridine rings is 1. The molecule has 2 aromatic heterocycles. The first-order valence-corrected chi connectivity index (χ1v) is 12.0. The van der Waals surface area contributed by atoms with Gasteiger partial charge in [0.15, 0.2) is 15.7 Å². The van der Waals surface area contributed by atoms with Gasteiger partial charge in [-0.3, -0.25) is 4.90 Å². The minimum Gasteiger partial charge on any atom is -0.384 e. The molecule has 2 amide bonds. The summed E-state index contributed by atoms with van der Waals surface area (Å²) in [4.78, 5) is 22.3. The van der Waals surface area contributed by atoms with Crippen LogP contribution in [0.5, 0.6) is 0 Å². The average molecular weight is 459 g/mol. The number of aryl methyl sites for hydroxylation is 1. The Kier molecular flexibility index (Phi) is 6.02. The molecule has 1 aromatic carbocycles. The molecule has 10 nitrogen and oxygen atoms in total. The molecule has 0 aliphatic carbocycles. The molecule has 170 valence electrons. The lowest BCUT2D eigenvalue weighted by molar-refractivity contribution is 0.199. The van der Waals surface area contributed by atoms with E-state index in [-0.39, 0.29) is 5.75 Å². The number of hydrogen-bond donors (Lipinski definition) is 2. The van der Waals surface area contributed by atoms with Crippen LogP contribution < -0.4 is 11.5 Å². The Morgan fingerprint density at radius 3 is 2.69 bits per heavy atom. The number of anilines is 1. The lowest BCUT2D eigenvalue weighted by Crippen LogP contribution is -2.41. The van der Waals surface area contributed by atoms with Gasteiger partial charge in [0.25, 0.3) is 0 Å². The first-order chi connectivity index (χ1) is 15.3. The Balaban J connectivity index is 1.58. The number of methoxy groups -OCH3 is 1. The third-order valence-corrected chi connectivity index (χ3v) is 6.84. The number of ether oxygens (including phenoxy) is 1. The summed E-state index contributed by atoms with van der Waals surface area (Å²) in [6, 6.07) is 7.14. The van der Waals surface area contributed by atoms with E-state index in [0.29, 0.717) is 49.6 Å². The van der Waals surface area contributed by atoms with Gasteiger partial charge in [-0.2, -0.15) is 0 Å². The Bertz CT molecular complexity index is 1310. The molecule has 11 heteroatoms. The van der Waals surface area contributed by atoms with E-state index < -0.39 is 15.9 Å². The molecule has 0 atom stereocenters. The molecule has 0 bridgehead atoms. The number of rotatable bonds is 9. The van der Waals surface area contributed by atoms with Gasteiger partial charge in [0.1, 0.15) is 11.3 Å². The van der Waals surface area contributed by atoms with Crippen molar-refractivity contribution in [1.82, 2.24) is 19.4 Å². The van der Waals surface area contributed by atoms with Gasteiger partial charge >= 0.3 is 6.03 Å². The quantitative estimate of drug-likeness (QED) is 0.465. The molecular weight excluding hydrogens is 432 g/mol. The number of sulfone groups is 1. The van der Waals surface area contributed by atoms with Crippen molar-refractivity contribution in [3.8, 4) is 0 Å². The van der Waals surface area contributed by atoms with Gasteiger partial charge < -0.3 is 20.8 Å². The molecule has 0 unspecified atom stereocenters. The fourth-order valence-corrected chi connectivity index (χ4v) is 5.06. The number of benzene rings is 1. The van der Waals surface area contributed by atoms with Gasteiger partial charge in [0.05, 0.1) is 28.8 Å². The predicted molar refractivity (Wildman–Crippen MR) is 122 cm³/mol. The van der Waals surface area contributed by atoms with Crippen LogP contribution >= 0.6 is 0 Å². The number of nitrogen functional groups attached to an aromatic ring is 1. The molecule has 3 aromatic rings. The summed E-state index contributed by atoms with van der Waals surface area (Å²) < 4.78 is 30.2. The molecule has 0 saturated heterocycles. The van der Waals surface area contributed by atoms with Crippen molar-refractivity contribution in [2.75, 3.05) is 31.7 Å². The molecule has 4 N–H and O–H groups in total. The highest BCUT2D eigenvalue weighted by molar-refractivity contribution is 7.95. The van der Waals surface area contributed by atoms with Crippen LogP contribution in [0.1, 0.15) is 18.7 Å². The Hall–Kier alpha value is -3.18. The standard InChI is InChI=1S/C21H26N6O4S/c1-31-11-8-17-25-18-19(15-6-2-3-7-16(15)24-20(18)22)27(17)10-5-4-9-26(21(23)28)14-12-32(29,30)13-14/h2-3,6-7,12H,4-5,8-11,13H2,1H3,(H2,22,24)(H2,23,28). The highest BCUT2D eigenvalue weighted by Crippen LogP contribution is 2.29. The van der Waals surface area contributed by atoms with E-state index >= 15 is 0 Å². The molecule has 1 aliphatic heterocycles. The maximum atomic E-state index is 11.8. The summed E-state index contributed by atoms with van der Waals surface area (Å²) >= 11 is 0. The van der Waals surface area contributed by atoms with Gasteiger partial charge in [-0.05, 0) is 18.9 Å². The number of aromatic nitrogens is 3. The number of unbranched alkanes of at least 4 members (excludes halogenated alkanes) is 1. The van der Waals surface area contributed by atoms with E-state index in [4.69, 9.17) is 21.2 Å². The van der Waals surface area contributed by atoms with Crippen LogP contribution in [0.2, 0.25) is 0 Å². The van der Waals surface area contributed by atoms with Crippen LogP contribution in [0.25, 0.3) is 21.9 Å². The number of fused-ring (bicyclic) bond motifs is 3. The monoisotopic (exact) mass is 458 g/mol. The molecule has 3 heterocycles. The highest BCUT2D eigenvalue weighted by atomic mass is 32.2. The fraction of sp³-hybridized carbons (Fsp3) is 0.381. The summed E-state index contributed by atoms with van der Waals surface area (Å²) in [5.74, 6) is 1.09. The number of hydrogen-bond acceptors (Lipinski definition) is 7. The summed E-state index contributed by atoms with van der Waals surface area (Å²) in [6.07, 6.45) is 1.99. The van der Waals surface area contributed by atoms with Gasteiger partial charge in [-0.1, -0.05) is 18.2 Å². The molecule has 4 rings (SSSR count). The molecule has 32 heavy (non-hydrogen) atoms. The second-order valence-corrected chi connectivity index (χ2v) is 9.60. The number of carbonyl (C=O) groups excluding carboxylic acids is 1. The van der Waals surface area contributed by atoms with Crippen molar-refractivity contribution in [3.05, 3.63) is 41.2 Å². The molecule has 0 radical (unpaired) electrons. The maximum absolute atomic E-state index is 11.8. The highest BCUT2D eigenvalue weighted by Gasteiger charge is 2.29. The number of amides is 2. The van der Waals surface area contributed by atoms with Crippen molar-refractivity contribution in [1.29, 1.82) is 0 Å². The zero-order chi connectivity index (χ0) is 22.9. The normalized spacial score (nSPS) is 15.0. The first-order valence-electron chi connectivity index (χ1n) is 10.3. The maximum Gasteiger partial charge on any atom is 0.319 e. The minimum atomic E-state index is -3.19. The Morgan fingerprint density at radius 1 is 1.25 bits per heavy atom. The summed E-state index contributed by atoms with van der Waals surface area (Å²) in [6.45, 7) is 1.51. The topological polar surface area (TPSA) is 146 Å². The van der Waals surface area contributed by atoms with E-state index in [1.165, 1.54) is 4.90 Å². The van der Waals surface area contributed by atoms with Crippen LogP contribution in [0.4, 0.5) is 10.6 Å². The van der Waals surface area contributed by atoms with Crippen molar-refractivity contribution >= 4 is 43.6 Å². The van der Waals surface area contributed by atoms with E-state index in [9.17, 15) is 13.2 Å². The number of nitrogens with two attached hydrogens (primary N) is 2. The number of carbonyl (C=O) groups is 1. The number of imidazole rings is 1. The van der Waals surface area contributed by atoms with Gasteiger partial charge in [-0.15, -0.1) is 0 Å². The minimum absolute atomic E-state index is 0.151. The Morgan fingerprint density at radius 2 is 2.00 bits per heavy atom. The number of nitrogens with zero attached hydrogens (tertiary/aromatic N) is 4. The van der Waals surface area contributed by atoms with Crippen LogP contribution in [0, 0.1) is 0 Å². The van der Waals surface area contributed by atoms with Crippen LogP contribution in [-0.2, 0) is 27.5 Å². The van der Waals surface area contributed by atoms with Gasteiger partial charge in [-0.25, -0.2) is 23.2 Å². The molecule has 0 spiro atoms. The summed E-state index contributed by atoms with van der Waals surface area (Å²) in [7, 11) is -1.55. The van der Waals surface area contributed by atoms with E-state index in [1.807, 2.05) is 24.3 Å². The number of para-hydroxylation sites is 1. The average Bonchev–Trinajstić information content (AvgIpc) is 3.09. The molecule has 0 fully saturated rings. The second kappa shape index (κ2) is 8.75. The zero-order valence-corrected chi connectivity index (χ0v) is 18.6. The second-order valence-electron chi connectivity index (χ2n) is 7.75. The van der Waals surface area contributed by atoms with Crippen LogP contribution in [0.3, 0.4) is 0 Å². The number of urea groups is 1. The number of primary amides is 1. The van der Waals surface area contributed by atoms with Gasteiger partial charge in [0.2, 0.25) is 0 Å². The Labute approximate surface area is 185 Å². The molecule has 1 aliphatic rings. The summed E-state index contributed by atoms with van der Waals surface area (Å²) in [5, 5.41) is 2.07. The first kappa shape index (κ1) is 22.0. The zero-order valence-electron chi connectivity index (χ0n) is 17.8. The van der Waals surface area contributed by atoms with Crippen molar-refractivity contribution in [2.24, 2.45) is 5.73 Å². The summed E-state index contributed by atoms with van der Waals surface area (Å²) in [5.41, 5.74) is 14.5. The van der Waals surface area contributed by atoms with Gasteiger partial charge in [0, 0.05) is 37.7 Å². The third-order valence-electron chi connectivity index (χ3n) is 5.51. The van der Waals surface area contributed by atoms with Crippen LogP contribution in [0.15, 0.2) is 35.4 Å². The van der Waals surface area contributed by atoms with E-state index in [1.54, 1.807) is 7.11 Å². The largest absolute Gasteiger partial charge is 0.384 e. The third kappa shape index (κ3) is 4.26. The van der Waals surface area contributed by atoms with Crippen molar-refractivity contribution in [2.45, 2.75) is 25.8 Å². The van der Waals surface area contributed by atoms with Crippen molar-refractivity contribution in [3.63, 3.8) is 0 Å². The van der Waals surface area contributed by atoms with Crippen LogP contribution in [-0.4, -0.2) is 59.9 Å². The van der Waals surface area contributed by atoms with Crippen molar-refractivity contribution < 1.29 is 17.9 Å². The molecular formula is C21H26N6O4S. The predicted octanol–water partition coefficient (Wildman–Crippen LogP) is 1.79. The lowest BCUT2D eigenvalue weighted by Gasteiger charge is -2.27. The fourth-order valence-electron chi connectivity index (χ4n) is 4.00. The SMILES string of the molecule is COCCc1nc2c(N)nc3ccccc3c2n1CCCCN(C(N)=O)C1=CS(=O)(=O)C1. The smallest absolute Gasteiger partial charge is 0.319 e. The molecule has 0 saturated carbocycles.